The third-order valence-corrected chi connectivity index (χ3v) is 6.31. The molecule has 0 spiro atoms. The van der Waals surface area contributed by atoms with Crippen LogP contribution in [0.4, 0.5) is 16.2 Å². The average molecular weight is 485 g/mol. The molecule has 0 aromatic heterocycles. The molecule has 9 heteroatoms. The summed E-state index contributed by atoms with van der Waals surface area (Å²) in [6.07, 6.45) is -0.368. The van der Waals surface area contributed by atoms with Crippen molar-refractivity contribution < 1.29 is 24.2 Å². The van der Waals surface area contributed by atoms with Gasteiger partial charge in [0.25, 0.3) is 5.91 Å². The van der Waals surface area contributed by atoms with Crippen LogP contribution in [0.3, 0.4) is 0 Å². The van der Waals surface area contributed by atoms with E-state index in [0.717, 1.165) is 5.69 Å². The number of anilines is 2. The lowest BCUT2D eigenvalue weighted by atomic mass is 9.99. The van der Waals surface area contributed by atoms with E-state index in [4.69, 9.17) is 9.47 Å². The number of carbonyl (C=O) groups is 2. The first-order chi connectivity index (χ1) is 16.6. The number of aliphatic hydroxyl groups excluding tert-OH is 1. The fraction of sp³-hybridized carbons (Fsp3) is 0.462. The Morgan fingerprint density at radius 2 is 1.91 bits per heavy atom. The fourth-order valence-electron chi connectivity index (χ4n) is 3.95. The number of benzene rings is 2. The maximum atomic E-state index is 13.4. The van der Waals surface area contributed by atoms with Gasteiger partial charge in [0.05, 0.1) is 31.9 Å². The van der Waals surface area contributed by atoms with Gasteiger partial charge in [0.2, 0.25) is 0 Å². The van der Waals surface area contributed by atoms with Crippen molar-refractivity contribution >= 4 is 23.3 Å². The van der Waals surface area contributed by atoms with Crippen molar-refractivity contribution in [2.24, 2.45) is 5.92 Å². The Morgan fingerprint density at radius 3 is 2.51 bits per heavy atom. The van der Waals surface area contributed by atoms with Crippen molar-refractivity contribution in [3.05, 3.63) is 48.0 Å². The minimum Gasteiger partial charge on any atom is -0.497 e. The Labute approximate surface area is 207 Å². The maximum Gasteiger partial charge on any atom is 0.321 e. The lowest BCUT2D eigenvalue weighted by molar-refractivity contribution is 0.0371. The van der Waals surface area contributed by atoms with E-state index in [9.17, 15) is 14.7 Å². The molecule has 2 aromatic rings. The number of methoxy groups -OCH3 is 1. The van der Waals surface area contributed by atoms with Crippen LogP contribution < -0.4 is 19.7 Å². The summed E-state index contributed by atoms with van der Waals surface area (Å²) in [6.45, 7) is 4.38. The van der Waals surface area contributed by atoms with Crippen LogP contribution in [0.15, 0.2) is 42.5 Å². The van der Waals surface area contributed by atoms with E-state index >= 15 is 0 Å². The van der Waals surface area contributed by atoms with Gasteiger partial charge in [0, 0.05) is 45.0 Å². The van der Waals surface area contributed by atoms with E-state index < -0.39 is 0 Å². The molecule has 1 heterocycles. The van der Waals surface area contributed by atoms with E-state index in [0.29, 0.717) is 35.8 Å². The Bertz CT molecular complexity index is 1030. The highest BCUT2D eigenvalue weighted by molar-refractivity contribution is 5.98. The summed E-state index contributed by atoms with van der Waals surface area (Å²) in [4.78, 5) is 31.5. The van der Waals surface area contributed by atoms with Gasteiger partial charge in [-0.3, -0.25) is 4.79 Å². The minimum atomic E-state index is -0.368. The monoisotopic (exact) mass is 484 g/mol. The topological polar surface area (TPSA) is 94.6 Å². The second kappa shape index (κ2) is 11.3. The molecule has 0 fully saturated rings. The second-order valence-electron chi connectivity index (χ2n) is 9.24. The molecule has 3 amide bonds. The number of amides is 3. The molecule has 0 saturated carbocycles. The molecule has 9 nitrogen and oxygen atoms in total. The third-order valence-electron chi connectivity index (χ3n) is 6.31. The molecule has 1 aliphatic heterocycles. The smallest absolute Gasteiger partial charge is 0.321 e. The Morgan fingerprint density at radius 1 is 1.23 bits per heavy atom. The first-order valence-corrected chi connectivity index (χ1v) is 11.7. The number of likely N-dealkylation sites (N-methyl/N-ethyl adjacent to an activating group) is 1. The summed E-state index contributed by atoms with van der Waals surface area (Å²) in [7, 11) is 7.12. The first-order valence-electron chi connectivity index (χ1n) is 11.7. The zero-order valence-electron chi connectivity index (χ0n) is 21.3. The van der Waals surface area contributed by atoms with Crippen LogP contribution >= 0.6 is 0 Å². The van der Waals surface area contributed by atoms with Gasteiger partial charge in [-0.1, -0.05) is 6.92 Å². The molecule has 0 bridgehead atoms. The van der Waals surface area contributed by atoms with Gasteiger partial charge < -0.3 is 34.6 Å². The van der Waals surface area contributed by atoms with Gasteiger partial charge in [-0.15, -0.1) is 0 Å². The standard InChI is InChI=1S/C26H36N4O5/c1-17-14-30(18(2)16-31)25(32)22-13-20(28(3)4)9-12-23(22)35-24(17)15-29(5)26(33)27-19-7-10-21(34-6)11-8-19/h7-13,17-18,24,31H,14-16H2,1-6H3,(H,27,33)/t17-,18-,24+/m1/s1. The van der Waals surface area contributed by atoms with Crippen LogP contribution in [0.5, 0.6) is 11.5 Å². The SMILES string of the molecule is COc1ccc(NC(=O)N(C)C[C@@H]2Oc3ccc(N(C)C)cc3C(=O)N([C@H](C)CO)C[C@H]2C)cc1. The zero-order valence-corrected chi connectivity index (χ0v) is 21.3. The number of nitrogens with one attached hydrogen (secondary N) is 1. The van der Waals surface area contributed by atoms with Crippen LogP contribution in [0.2, 0.25) is 0 Å². The normalized spacial score (nSPS) is 18.5. The zero-order chi connectivity index (χ0) is 25.7. The molecule has 0 radical (unpaired) electrons. The number of ether oxygens (including phenoxy) is 2. The van der Waals surface area contributed by atoms with E-state index in [1.54, 1.807) is 54.3 Å². The lowest BCUT2D eigenvalue weighted by Crippen LogP contribution is -2.50. The number of hydrogen-bond donors (Lipinski definition) is 2. The molecule has 0 saturated heterocycles. The molecule has 1 aliphatic rings. The van der Waals surface area contributed by atoms with Crippen molar-refractivity contribution in [1.29, 1.82) is 0 Å². The number of urea groups is 1. The van der Waals surface area contributed by atoms with Crippen molar-refractivity contribution in [1.82, 2.24) is 9.80 Å². The Balaban J connectivity index is 1.83. The molecule has 190 valence electrons. The molecule has 35 heavy (non-hydrogen) atoms. The summed E-state index contributed by atoms with van der Waals surface area (Å²) in [5.41, 5.74) is 1.97. The van der Waals surface area contributed by atoms with E-state index in [-0.39, 0.29) is 36.6 Å². The van der Waals surface area contributed by atoms with Crippen LogP contribution in [0.25, 0.3) is 0 Å². The molecule has 3 atom stereocenters. The molecule has 0 unspecified atom stereocenters. The van der Waals surface area contributed by atoms with Gasteiger partial charge in [-0.05, 0) is 49.4 Å². The van der Waals surface area contributed by atoms with Crippen molar-refractivity contribution in [3.63, 3.8) is 0 Å². The average Bonchev–Trinajstić information content (AvgIpc) is 2.85. The molecule has 2 aromatic carbocycles. The highest BCUT2D eigenvalue weighted by Gasteiger charge is 2.34. The van der Waals surface area contributed by atoms with Crippen LogP contribution in [-0.4, -0.2) is 86.9 Å². The molecular formula is C26H36N4O5. The molecule has 2 N–H and O–H groups in total. The van der Waals surface area contributed by atoms with Gasteiger partial charge in [0.15, 0.2) is 0 Å². The lowest BCUT2D eigenvalue weighted by Gasteiger charge is -2.38. The highest BCUT2D eigenvalue weighted by Crippen LogP contribution is 2.31. The van der Waals surface area contributed by atoms with Gasteiger partial charge in [0.1, 0.15) is 17.6 Å². The number of carbonyl (C=O) groups excluding carboxylic acids is 2. The summed E-state index contributed by atoms with van der Waals surface area (Å²) in [5, 5.41) is 12.7. The number of hydrogen-bond acceptors (Lipinski definition) is 6. The highest BCUT2D eigenvalue weighted by atomic mass is 16.5. The fourth-order valence-corrected chi connectivity index (χ4v) is 3.95. The van der Waals surface area contributed by atoms with E-state index in [1.165, 1.54) is 0 Å². The largest absolute Gasteiger partial charge is 0.497 e. The predicted octanol–water partition coefficient (Wildman–Crippen LogP) is 3.15. The molecule has 3 rings (SSSR count). The Kier molecular flexibility index (Phi) is 8.45. The number of rotatable bonds is 7. The minimum absolute atomic E-state index is 0.0918. The van der Waals surface area contributed by atoms with Crippen molar-refractivity contribution in [3.8, 4) is 11.5 Å². The summed E-state index contributed by atoms with van der Waals surface area (Å²) in [5.74, 6) is 0.906. The Hall–Kier alpha value is -3.46. The predicted molar refractivity (Wildman–Crippen MR) is 137 cm³/mol. The maximum absolute atomic E-state index is 13.4. The van der Waals surface area contributed by atoms with Gasteiger partial charge in [-0.2, -0.15) is 0 Å². The van der Waals surface area contributed by atoms with E-state index in [1.807, 2.05) is 45.0 Å². The van der Waals surface area contributed by atoms with Crippen LogP contribution in [-0.2, 0) is 0 Å². The number of fused-ring (bicyclic) bond motifs is 1. The first kappa shape index (κ1) is 26.2. The third kappa shape index (κ3) is 6.16. The number of nitrogens with zero attached hydrogens (tertiary/aromatic N) is 3. The summed E-state index contributed by atoms with van der Waals surface area (Å²) >= 11 is 0. The van der Waals surface area contributed by atoms with Crippen LogP contribution in [0, 0.1) is 5.92 Å². The number of aliphatic hydroxyl groups is 1. The van der Waals surface area contributed by atoms with Crippen LogP contribution in [0.1, 0.15) is 24.2 Å². The molecular weight excluding hydrogens is 448 g/mol. The van der Waals surface area contributed by atoms with E-state index in [2.05, 4.69) is 5.32 Å². The second-order valence-corrected chi connectivity index (χ2v) is 9.24. The molecule has 0 aliphatic carbocycles. The summed E-state index contributed by atoms with van der Waals surface area (Å²) < 4.78 is 11.5. The van der Waals surface area contributed by atoms with Crippen molar-refractivity contribution in [2.45, 2.75) is 26.0 Å². The quantitative estimate of drug-likeness (QED) is 0.627. The van der Waals surface area contributed by atoms with Crippen molar-refractivity contribution in [2.75, 3.05) is 58.2 Å². The van der Waals surface area contributed by atoms with Gasteiger partial charge in [-0.25, -0.2) is 4.79 Å². The van der Waals surface area contributed by atoms with Gasteiger partial charge >= 0.3 is 6.03 Å². The summed E-state index contributed by atoms with van der Waals surface area (Å²) in [6, 6.07) is 12.0.